The topological polar surface area (TPSA) is 61.8 Å². The number of rotatable bonds is 11. The first-order chi connectivity index (χ1) is 12.7. The van der Waals surface area contributed by atoms with E-state index in [0.29, 0.717) is 25.0 Å². The molecule has 0 saturated carbocycles. The molecule has 2 N–H and O–H groups in total. The van der Waals surface area contributed by atoms with E-state index in [0.717, 1.165) is 63.9 Å². The zero-order valence-corrected chi connectivity index (χ0v) is 16.0. The van der Waals surface area contributed by atoms with Gasteiger partial charge in [-0.25, -0.2) is 0 Å². The summed E-state index contributed by atoms with van der Waals surface area (Å²) < 4.78 is 5.57. The highest BCUT2D eigenvalue weighted by Gasteiger charge is 2.21. The van der Waals surface area contributed by atoms with E-state index in [2.05, 4.69) is 12.2 Å². The minimum atomic E-state index is -0.435. The van der Waals surface area contributed by atoms with Crippen molar-refractivity contribution in [2.24, 2.45) is 0 Å². The lowest BCUT2D eigenvalue weighted by Crippen LogP contribution is -2.45. The maximum atomic E-state index is 12.0. The summed E-state index contributed by atoms with van der Waals surface area (Å²) in [5.74, 6) is 1.11. The van der Waals surface area contributed by atoms with Gasteiger partial charge in [-0.15, -0.1) is 0 Å². The molecule has 2 rings (SSSR count). The van der Waals surface area contributed by atoms with E-state index < -0.39 is 6.10 Å². The number of ether oxygens (including phenoxy) is 1. The van der Waals surface area contributed by atoms with Crippen molar-refractivity contribution in [1.82, 2.24) is 10.2 Å². The molecule has 146 valence electrons. The molecule has 0 aromatic heterocycles. The van der Waals surface area contributed by atoms with Crippen LogP contribution in [0.4, 0.5) is 0 Å². The Morgan fingerprint density at radius 1 is 1.27 bits per heavy atom. The molecule has 1 fully saturated rings. The molecule has 1 atom stereocenters. The second kappa shape index (κ2) is 11.9. The number of hydrogen-bond donors (Lipinski definition) is 2. The first-order valence-electron chi connectivity index (χ1n) is 10.1. The lowest BCUT2D eigenvalue weighted by molar-refractivity contribution is -0.132. The Labute approximate surface area is 157 Å². The molecule has 1 aliphatic heterocycles. The fraction of sp³-hybridized carbons (Fsp3) is 0.667. The average molecular weight is 363 g/mol. The van der Waals surface area contributed by atoms with Crippen LogP contribution in [0.2, 0.25) is 0 Å². The van der Waals surface area contributed by atoms with E-state index in [-0.39, 0.29) is 0 Å². The van der Waals surface area contributed by atoms with Gasteiger partial charge in [0, 0.05) is 25.6 Å². The largest absolute Gasteiger partial charge is 0.491 e. The molecule has 26 heavy (non-hydrogen) atoms. The normalized spacial score (nSPS) is 16.5. The van der Waals surface area contributed by atoms with E-state index >= 15 is 0 Å². The number of likely N-dealkylation sites (tertiary alicyclic amines) is 1. The van der Waals surface area contributed by atoms with E-state index in [1.54, 1.807) is 0 Å². The van der Waals surface area contributed by atoms with Crippen LogP contribution in [0.25, 0.3) is 0 Å². The van der Waals surface area contributed by atoms with Gasteiger partial charge in [-0.1, -0.05) is 31.5 Å². The molecule has 1 unspecified atom stereocenters. The quantitative estimate of drug-likeness (QED) is 0.594. The minimum absolute atomic E-state index is 0.312. The van der Waals surface area contributed by atoms with Crippen LogP contribution in [0, 0.1) is 0 Å². The number of para-hydroxylation sites is 1. The second-order valence-electron chi connectivity index (χ2n) is 7.13. The standard InChI is InChI=1S/C21H34N2O3/c1-2-3-11-21(25)23-15-12-18(13-16-23)22-14-7-8-19(24)17-26-20-9-5-4-6-10-20/h4-6,9-10,18-19,22,24H,2-3,7-8,11-17H2,1H3. The van der Waals surface area contributed by atoms with Crippen molar-refractivity contribution in [1.29, 1.82) is 0 Å². The second-order valence-corrected chi connectivity index (χ2v) is 7.13. The molecular formula is C21H34N2O3. The first kappa shape index (κ1) is 20.7. The summed E-state index contributed by atoms with van der Waals surface area (Å²) in [5, 5.41) is 13.6. The number of aliphatic hydroxyl groups excluding tert-OH is 1. The number of nitrogens with zero attached hydrogens (tertiary/aromatic N) is 1. The smallest absolute Gasteiger partial charge is 0.222 e. The van der Waals surface area contributed by atoms with Crippen LogP contribution < -0.4 is 10.1 Å². The number of nitrogens with one attached hydrogen (secondary N) is 1. The molecule has 0 spiro atoms. The van der Waals surface area contributed by atoms with Crippen LogP contribution in [0.5, 0.6) is 5.75 Å². The highest BCUT2D eigenvalue weighted by Crippen LogP contribution is 2.13. The Morgan fingerprint density at radius 2 is 2.00 bits per heavy atom. The Morgan fingerprint density at radius 3 is 2.69 bits per heavy atom. The highest BCUT2D eigenvalue weighted by molar-refractivity contribution is 5.76. The summed E-state index contributed by atoms with van der Waals surface area (Å²) in [5.41, 5.74) is 0. The number of hydrogen-bond acceptors (Lipinski definition) is 4. The van der Waals surface area contributed by atoms with Crippen molar-refractivity contribution < 1.29 is 14.6 Å². The lowest BCUT2D eigenvalue weighted by Gasteiger charge is -2.32. The summed E-state index contributed by atoms with van der Waals surface area (Å²) >= 11 is 0. The third-order valence-electron chi connectivity index (χ3n) is 4.92. The zero-order valence-electron chi connectivity index (χ0n) is 16.0. The number of carbonyl (C=O) groups is 1. The Kier molecular flexibility index (Phi) is 9.50. The monoisotopic (exact) mass is 362 g/mol. The lowest BCUT2D eigenvalue weighted by atomic mass is 10.0. The third-order valence-corrected chi connectivity index (χ3v) is 4.92. The summed E-state index contributed by atoms with van der Waals surface area (Å²) in [6.45, 7) is 5.09. The summed E-state index contributed by atoms with van der Waals surface area (Å²) in [6, 6.07) is 10.1. The number of carbonyl (C=O) groups excluding carboxylic acids is 1. The van der Waals surface area contributed by atoms with Gasteiger partial charge < -0.3 is 20.1 Å². The summed E-state index contributed by atoms with van der Waals surface area (Å²) in [6.07, 6.45) is 6.03. The Balaban J connectivity index is 1.50. The van der Waals surface area contributed by atoms with Gasteiger partial charge in [0.05, 0.1) is 6.10 Å². The van der Waals surface area contributed by atoms with Crippen molar-refractivity contribution in [3.63, 3.8) is 0 Å². The molecule has 1 amide bonds. The van der Waals surface area contributed by atoms with Crippen LogP contribution >= 0.6 is 0 Å². The Hall–Kier alpha value is -1.59. The van der Waals surface area contributed by atoms with Gasteiger partial charge in [0.15, 0.2) is 0 Å². The molecule has 1 aromatic rings. The summed E-state index contributed by atoms with van der Waals surface area (Å²) in [7, 11) is 0. The summed E-state index contributed by atoms with van der Waals surface area (Å²) in [4.78, 5) is 14.0. The van der Waals surface area contributed by atoms with Gasteiger partial charge in [-0.05, 0) is 50.8 Å². The molecule has 5 heteroatoms. The van der Waals surface area contributed by atoms with Crippen LogP contribution in [-0.4, -0.2) is 54.3 Å². The molecule has 0 aliphatic carbocycles. The van der Waals surface area contributed by atoms with E-state index in [4.69, 9.17) is 4.74 Å². The highest BCUT2D eigenvalue weighted by atomic mass is 16.5. The number of aliphatic hydroxyl groups is 1. The molecular weight excluding hydrogens is 328 g/mol. The number of piperidine rings is 1. The van der Waals surface area contributed by atoms with Crippen molar-refractivity contribution >= 4 is 5.91 Å². The van der Waals surface area contributed by atoms with Crippen LogP contribution in [-0.2, 0) is 4.79 Å². The fourth-order valence-corrected chi connectivity index (χ4v) is 3.26. The third kappa shape index (κ3) is 7.75. The molecule has 5 nitrogen and oxygen atoms in total. The maximum absolute atomic E-state index is 12.0. The van der Waals surface area contributed by atoms with E-state index in [1.807, 2.05) is 35.2 Å². The van der Waals surface area contributed by atoms with Gasteiger partial charge >= 0.3 is 0 Å². The predicted molar refractivity (Wildman–Crippen MR) is 104 cm³/mol. The number of amides is 1. The number of unbranched alkanes of at least 4 members (excludes halogenated alkanes) is 1. The molecule has 1 saturated heterocycles. The zero-order chi connectivity index (χ0) is 18.6. The molecule has 1 heterocycles. The minimum Gasteiger partial charge on any atom is -0.491 e. The maximum Gasteiger partial charge on any atom is 0.222 e. The van der Waals surface area contributed by atoms with Crippen molar-refractivity contribution in [2.45, 2.75) is 64.0 Å². The van der Waals surface area contributed by atoms with Crippen molar-refractivity contribution in [3.8, 4) is 5.75 Å². The fourth-order valence-electron chi connectivity index (χ4n) is 3.26. The Bertz CT molecular complexity index is 501. The van der Waals surface area contributed by atoms with Crippen LogP contribution in [0.3, 0.4) is 0 Å². The average Bonchev–Trinajstić information content (AvgIpc) is 2.69. The van der Waals surface area contributed by atoms with Gasteiger partial charge in [-0.2, -0.15) is 0 Å². The molecule has 1 aromatic carbocycles. The van der Waals surface area contributed by atoms with Gasteiger partial charge in [0.2, 0.25) is 5.91 Å². The van der Waals surface area contributed by atoms with Crippen molar-refractivity contribution in [3.05, 3.63) is 30.3 Å². The van der Waals surface area contributed by atoms with E-state index in [9.17, 15) is 9.90 Å². The van der Waals surface area contributed by atoms with Gasteiger partial charge in [0.1, 0.15) is 12.4 Å². The first-order valence-corrected chi connectivity index (χ1v) is 10.1. The van der Waals surface area contributed by atoms with Gasteiger partial charge in [0.25, 0.3) is 0 Å². The van der Waals surface area contributed by atoms with Crippen molar-refractivity contribution in [2.75, 3.05) is 26.2 Å². The predicted octanol–water partition coefficient (Wildman–Crippen LogP) is 2.98. The van der Waals surface area contributed by atoms with Crippen LogP contribution in [0.15, 0.2) is 30.3 Å². The molecule has 0 bridgehead atoms. The molecule has 1 aliphatic rings. The van der Waals surface area contributed by atoms with Gasteiger partial charge in [-0.3, -0.25) is 4.79 Å². The molecule has 0 radical (unpaired) electrons. The SMILES string of the molecule is CCCCC(=O)N1CCC(NCCCC(O)COc2ccccc2)CC1. The van der Waals surface area contributed by atoms with Crippen LogP contribution in [0.1, 0.15) is 51.9 Å². The van der Waals surface area contributed by atoms with E-state index in [1.165, 1.54) is 0 Å². The number of benzene rings is 1.